The first-order valence-electron chi connectivity index (χ1n) is 13.7. The van der Waals surface area contributed by atoms with Crippen molar-refractivity contribution in [2.24, 2.45) is 0 Å². The van der Waals surface area contributed by atoms with Crippen molar-refractivity contribution in [1.29, 1.82) is 0 Å². The molecule has 0 amide bonds. The summed E-state index contributed by atoms with van der Waals surface area (Å²) in [4.78, 5) is 3.37. The van der Waals surface area contributed by atoms with Crippen LogP contribution in [0, 0.1) is 27.7 Å². The molecule has 1 heterocycles. The van der Waals surface area contributed by atoms with Crippen molar-refractivity contribution in [3.05, 3.63) is 125 Å². The molecule has 0 aromatic heterocycles. The lowest BCUT2D eigenvalue weighted by atomic mass is 9.93. The van der Waals surface area contributed by atoms with Gasteiger partial charge in [-0.15, -0.1) is 0 Å². The highest BCUT2D eigenvalue weighted by Gasteiger charge is 2.24. The van der Waals surface area contributed by atoms with Gasteiger partial charge in [0.2, 0.25) is 11.0 Å². The first-order valence-corrected chi connectivity index (χ1v) is 15.1. The van der Waals surface area contributed by atoms with E-state index in [1.807, 2.05) is 48.5 Å². The zero-order valence-corrected chi connectivity index (χ0v) is 24.6. The van der Waals surface area contributed by atoms with Crippen molar-refractivity contribution < 1.29 is 22.4 Å². The monoisotopic (exact) mass is 575 g/mol. The maximum Gasteiger partial charge on any atom is 0.295 e. The molecule has 0 bridgehead atoms. The molecular formula is C35H31N2O4S+. The molecule has 2 aliphatic rings. The average Bonchev–Trinajstić information content (AvgIpc) is 2.95. The maximum atomic E-state index is 12.5. The number of anilines is 2. The number of rotatable bonds is 5. The standard InChI is InChI=1S/C35H30N2O4S/c1-21-9-7-10-22(2)34(21)36-25-15-17-27-30(19-25)41-31-20-26(37-35-23(3)11-8-12-24(35)4)16-18-28(31)33(27)29-13-5-6-14-32(29)42(38,39)40/h5-20,36H,1-4H3,(H,38,39,40)/p+1. The Morgan fingerprint density at radius 2 is 1.38 bits per heavy atom. The summed E-state index contributed by atoms with van der Waals surface area (Å²) >= 11 is 0. The van der Waals surface area contributed by atoms with E-state index in [1.54, 1.807) is 18.2 Å². The van der Waals surface area contributed by atoms with E-state index in [0.717, 1.165) is 55.6 Å². The van der Waals surface area contributed by atoms with Gasteiger partial charge in [-0.05, 0) is 63.1 Å². The summed E-state index contributed by atoms with van der Waals surface area (Å²) < 4.78 is 41.6. The van der Waals surface area contributed by atoms with E-state index in [9.17, 15) is 13.0 Å². The maximum absolute atomic E-state index is 12.5. The lowest BCUT2D eigenvalue weighted by Crippen LogP contribution is -2.71. The molecule has 42 heavy (non-hydrogen) atoms. The summed E-state index contributed by atoms with van der Waals surface area (Å²) in [6.07, 6.45) is 0. The molecular weight excluding hydrogens is 544 g/mol. The Bertz CT molecular complexity index is 2110. The van der Waals surface area contributed by atoms with Crippen LogP contribution in [0.3, 0.4) is 0 Å². The number of nitrogens with one attached hydrogen (secondary N) is 2. The number of hydrogen-bond donors (Lipinski definition) is 3. The summed E-state index contributed by atoms with van der Waals surface area (Å²) in [6.45, 7) is 8.24. The molecule has 210 valence electrons. The van der Waals surface area contributed by atoms with Gasteiger partial charge in [0.1, 0.15) is 16.2 Å². The Morgan fingerprint density at radius 3 is 2.07 bits per heavy atom. The van der Waals surface area contributed by atoms with Gasteiger partial charge in [-0.2, -0.15) is 8.42 Å². The lowest BCUT2D eigenvalue weighted by Gasteiger charge is -2.18. The summed E-state index contributed by atoms with van der Waals surface area (Å²) in [6, 6.07) is 30.4. The van der Waals surface area contributed by atoms with Crippen LogP contribution >= 0.6 is 0 Å². The fourth-order valence-corrected chi connectivity index (χ4v) is 6.24. The third-order valence-electron chi connectivity index (χ3n) is 7.66. The summed E-state index contributed by atoms with van der Waals surface area (Å²) in [7, 11) is -4.49. The van der Waals surface area contributed by atoms with Crippen molar-refractivity contribution in [2.75, 3.05) is 5.32 Å². The molecule has 6 rings (SSSR count). The van der Waals surface area contributed by atoms with Crippen LogP contribution in [0.1, 0.15) is 22.3 Å². The smallest absolute Gasteiger partial charge is 0.295 e. The molecule has 1 aliphatic heterocycles. The molecule has 0 unspecified atom stereocenters. The fraction of sp³-hybridized carbons (Fsp3) is 0.114. The second-order valence-electron chi connectivity index (χ2n) is 10.7. The van der Waals surface area contributed by atoms with Gasteiger partial charge in [0.15, 0.2) is 0 Å². The third-order valence-corrected chi connectivity index (χ3v) is 8.57. The van der Waals surface area contributed by atoms with Gasteiger partial charge in [-0.3, -0.25) is 4.55 Å². The van der Waals surface area contributed by atoms with Gasteiger partial charge in [0.25, 0.3) is 10.1 Å². The topological polar surface area (TPSA) is 93.5 Å². The fourth-order valence-electron chi connectivity index (χ4n) is 5.55. The molecule has 0 atom stereocenters. The van der Waals surface area contributed by atoms with Crippen molar-refractivity contribution in [2.45, 2.75) is 32.6 Å². The Balaban J connectivity index is 1.64. The predicted octanol–water partition coefficient (Wildman–Crippen LogP) is 6.74. The van der Waals surface area contributed by atoms with Crippen LogP contribution in [0.15, 0.2) is 106 Å². The van der Waals surface area contributed by atoms with E-state index in [0.29, 0.717) is 22.5 Å². The Morgan fingerprint density at radius 1 is 0.714 bits per heavy atom. The van der Waals surface area contributed by atoms with E-state index in [-0.39, 0.29) is 4.90 Å². The van der Waals surface area contributed by atoms with Crippen molar-refractivity contribution in [1.82, 2.24) is 0 Å². The molecule has 3 N–H and O–H groups in total. The van der Waals surface area contributed by atoms with Gasteiger partial charge in [-0.1, -0.05) is 54.6 Å². The van der Waals surface area contributed by atoms with Gasteiger partial charge in [0, 0.05) is 56.7 Å². The second-order valence-corrected chi connectivity index (χ2v) is 12.0. The van der Waals surface area contributed by atoms with Gasteiger partial charge in [-0.25, -0.2) is 4.99 Å². The second kappa shape index (κ2) is 10.6. The largest absolute Gasteiger partial charge is 0.456 e. The minimum absolute atomic E-state index is 0.158. The van der Waals surface area contributed by atoms with Crippen LogP contribution in [0.2, 0.25) is 0 Å². The number of fused-ring (bicyclic) bond motifs is 2. The van der Waals surface area contributed by atoms with Gasteiger partial charge in [0.05, 0.1) is 6.07 Å². The van der Waals surface area contributed by atoms with E-state index < -0.39 is 10.1 Å². The molecule has 0 saturated heterocycles. The van der Waals surface area contributed by atoms with Crippen LogP contribution in [-0.4, -0.2) is 13.0 Å². The van der Waals surface area contributed by atoms with E-state index in [4.69, 9.17) is 4.42 Å². The van der Waals surface area contributed by atoms with Crippen molar-refractivity contribution in [3.63, 3.8) is 0 Å². The van der Waals surface area contributed by atoms with Crippen LogP contribution in [0.25, 0.3) is 33.4 Å². The van der Waals surface area contributed by atoms with Crippen molar-refractivity contribution >= 4 is 38.1 Å². The Labute approximate surface area is 245 Å². The quantitative estimate of drug-likeness (QED) is 0.156. The van der Waals surface area contributed by atoms with Crippen LogP contribution in [0.4, 0.5) is 17.1 Å². The lowest BCUT2D eigenvalue weighted by molar-refractivity contribution is -0.403. The van der Waals surface area contributed by atoms with E-state index >= 15 is 0 Å². The molecule has 1 aliphatic carbocycles. The summed E-state index contributed by atoms with van der Waals surface area (Å²) in [5, 5.41) is 5.08. The average molecular weight is 576 g/mol. The highest BCUT2D eigenvalue weighted by atomic mass is 32.2. The molecule has 0 spiro atoms. The molecule has 0 saturated carbocycles. The highest BCUT2D eigenvalue weighted by molar-refractivity contribution is 7.86. The number of benzene rings is 5. The third kappa shape index (κ3) is 5.09. The first-order chi connectivity index (χ1) is 20.1. The minimum atomic E-state index is -4.49. The predicted molar refractivity (Wildman–Crippen MR) is 167 cm³/mol. The van der Waals surface area contributed by atoms with Crippen molar-refractivity contribution in [3.8, 4) is 22.5 Å². The van der Waals surface area contributed by atoms with Crippen LogP contribution < -0.4 is 15.7 Å². The highest BCUT2D eigenvalue weighted by Crippen LogP contribution is 2.43. The Kier molecular flexibility index (Phi) is 6.93. The van der Waals surface area contributed by atoms with Gasteiger partial charge >= 0.3 is 0 Å². The van der Waals surface area contributed by atoms with E-state index in [1.165, 1.54) is 6.07 Å². The summed E-state index contributed by atoms with van der Waals surface area (Å²) in [5.74, 6) is 0.572. The SMILES string of the molecule is Cc1cccc(C)c1Nc1ccc2c(-c3ccccc3S(=O)(=O)O)c3ccc(=[NH+]c4c(C)cccc4C)cc-3oc2c1. The minimum Gasteiger partial charge on any atom is -0.456 e. The molecule has 7 heteroatoms. The number of aryl methyl sites for hydroxylation is 4. The summed E-state index contributed by atoms with van der Waals surface area (Å²) in [5.41, 5.74) is 9.72. The molecule has 0 radical (unpaired) electrons. The zero-order chi connectivity index (χ0) is 29.6. The molecule has 6 nitrogen and oxygen atoms in total. The molecule has 4 aromatic rings. The number of para-hydroxylation sites is 2. The van der Waals surface area contributed by atoms with Crippen LogP contribution in [-0.2, 0) is 10.1 Å². The normalized spacial score (nSPS) is 12.3. The molecule has 0 fully saturated rings. The van der Waals surface area contributed by atoms with Crippen LogP contribution in [0.5, 0.6) is 0 Å². The Hall–Kier alpha value is -4.72. The first kappa shape index (κ1) is 27.4. The van der Waals surface area contributed by atoms with E-state index in [2.05, 4.69) is 62.3 Å². The van der Waals surface area contributed by atoms with Gasteiger partial charge < -0.3 is 9.73 Å². The zero-order valence-electron chi connectivity index (χ0n) is 23.8. The number of hydrogen-bond acceptors (Lipinski definition) is 4. The molecule has 4 aromatic carbocycles.